The van der Waals surface area contributed by atoms with E-state index in [9.17, 15) is 8.42 Å². The van der Waals surface area contributed by atoms with Crippen molar-refractivity contribution in [3.63, 3.8) is 0 Å². The summed E-state index contributed by atoms with van der Waals surface area (Å²) in [7, 11) is -3.15. The Labute approximate surface area is 74.6 Å². The maximum Gasteiger partial charge on any atom is 0.208 e. The molecule has 4 nitrogen and oxygen atoms in total. The smallest absolute Gasteiger partial charge is 0.208 e. The highest BCUT2D eigenvalue weighted by Crippen LogP contribution is 2.17. The molecule has 1 unspecified atom stereocenters. The van der Waals surface area contributed by atoms with Gasteiger partial charge in [0.1, 0.15) is 0 Å². The van der Waals surface area contributed by atoms with E-state index in [0.717, 1.165) is 6.26 Å². The summed E-state index contributed by atoms with van der Waals surface area (Å²) >= 11 is 0. The van der Waals surface area contributed by atoms with Crippen molar-refractivity contribution in [3.8, 4) is 0 Å². The van der Waals surface area contributed by atoms with E-state index in [1.165, 1.54) is 0 Å². The van der Waals surface area contributed by atoms with Crippen molar-refractivity contribution >= 4 is 10.0 Å². The molecule has 73 valence electrons. The average molecular weight is 193 g/mol. The predicted octanol–water partition coefficient (Wildman–Crippen LogP) is 0.233. The van der Waals surface area contributed by atoms with Crippen molar-refractivity contribution < 1.29 is 8.42 Å². The minimum absolute atomic E-state index is 0.183. The van der Waals surface area contributed by atoms with Gasteiger partial charge in [-0.2, -0.15) is 0 Å². The summed E-state index contributed by atoms with van der Waals surface area (Å²) in [6.07, 6.45) is 1.10. The third-order valence-electron chi connectivity index (χ3n) is 1.60. The minimum atomic E-state index is -3.15. The van der Waals surface area contributed by atoms with Gasteiger partial charge in [-0.1, -0.05) is 20.8 Å². The topological polar surface area (TPSA) is 70.0 Å². The van der Waals surface area contributed by atoms with Crippen LogP contribution in [0.4, 0.5) is 0 Å². The molecule has 0 aromatic carbocycles. The van der Waals surface area contributed by atoms with Crippen LogP contribution in [0.1, 0.15) is 20.8 Å². The molecule has 0 fully saturated rings. The molecule has 1 radical (unpaired) electrons. The van der Waals surface area contributed by atoms with Crippen LogP contribution in [0.5, 0.6) is 0 Å². The molecule has 0 bridgehead atoms. The molecule has 5 heteroatoms. The lowest BCUT2D eigenvalue weighted by molar-refractivity contribution is 0.312. The molecule has 12 heavy (non-hydrogen) atoms. The van der Waals surface area contributed by atoms with Gasteiger partial charge < -0.3 is 0 Å². The van der Waals surface area contributed by atoms with Crippen molar-refractivity contribution in [2.75, 3.05) is 12.8 Å². The Balaban J connectivity index is 3.97. The fraction of sp³-hybridized carbons (Fsp3) is 1.00. The Kier molecular flexibility index (Phi) is 3.68. The summed E-state index contributed by atoms with van der Waals surface area (Å²) in [5, 5.41) is 0. The van der Waals surface area contributed by atoms with Crippen molar-refractivity contribution in [3.05, 3.63) is 0 Å². The third kappa shape index (κ3) is 5.51. The molecule has 0 amide bonds. The van der Waals surface area contributed by atoms with E-state index in [1.54, 1.807) is 0 Å². The monoisotopic (exact) mass is 193 g/mol. The second-order valence-electron chi connectivity index (χ2n) is 4.04. The molecule has 0 aromatic rings. The van der Waals surface area contributed by atoms with Crippen molar-refractivity contribution in [1.82, 2.24) is 10.5 Å². The van der Waals surface area contributed by atoms with E-state index < -0.39 is 16.1 Å². The zero-order valence-corrected chi connectivity index (χ0v) is 8.83. The van der Waals surface area contributed by atoms with Crippen LogP contribution in [0.15, 0.2) is 0 Å². The first-order valence-corrected chi connectivity index (χ1v) is 5.68. The van der Waals surface area contributed by atoms with E-state index in [0.29, 0.717) is 0 Å². The van der Waals surface area contributed by atoms with Crippen molar-refractivity contribution in [2.24, 2.45) is 5.41 Å². The molecule has 0 aliphatic heterocycles. The molecule has 0 aromatic heterocycles. The summed E-state index contributed by atoms with van der Waals surface area (Å²) in [6.45, 7) is 5.92. The Hall–Kier alpha value is -0.130. The first-order chi connectivity index (χ1) is 5.13. The average Bonchev–Trinajstić information content (AvgIpc) is 1.78. The van der Waals surface area contributed by atoms with Crippen LogP contribution in [0.3, 0.4) is 0 Å². The predicted molar refractivity (Wildman–Crippen MR) is 49.2 cm³/mol. The van der Waals surface area contributed by atoms with Crippen LogP contribution < -0.4 is 10.5 Å². The maximum atomic E-state index is 10.7. The Morgan fingerprint density at radius 2 is 1.83 bits per heavy atom. The van der Waals surface area contributed by atoms with Crippen LogP contribution in [0.25, 0.3) is 0 Å². The van der Waals surface area contributed by atoms with E-state index in [2.05, 4.69) is 4.72 Å². The molecule has 0 heterocycles. The third-order valence-corrected chi connectivity index (χ3v) is 2.29. The Morgan fingerprint density at radius 1 is 1.42 bits per heavy atom. The van der Waals surface area contributed by atoms with E-state index in [4.69, 9.17) is 5.73 Å². The number of rotatable bonds is 3. The van der Waals surface area contributed by atoms with Gasteiger partial charge in [0.25, 0.3) is 0 Å². The fourth-order valence-corrected chi connectivity index (χ4v) is 1.01. The van der Waals surface area contributed by atoms with Crippen LogP contribution in [0, 0.1) is 5.41 Å². The summed E-state index contributed by atoms with van der Waals surface area (Å²) < 4.78 is 23.6. The molecule has 0 saturated heterocycles. The first kappa shape index (κ1) is 11.9. The van der Waals surface area contributed by atoms with Crippen LogP contribution >= 0.6 is 0 Å². The molecule has 0 rings (SSSR count). The second-order valence-corrected chi connectivity index (χ2v) is 5.87. The number of nitrogens with one attached hydrogen (secondary N) is 2. The van der Waals surface area contributed by atoms with Gasteiger partial charge in [0.15, 0.2) is 0 Å². The molecular weight excluding hydrogens is 176 g/mol. The van der Waals surface area contributed by atoms with Gasteiger partial charge in [0.2, 0.25) is 10.0 Å². The highest BCUT2D eigenvalue weighted by Gasteiger charge is 2.21. The van der Waals surface area contributed by atoms with Crippen molar-refractivity contribution in [1.29, 1.82) is 0 Å². The molecule has 0 aliphatic rings. The zero-order chi connectivity index (χ0) is 9.99. The normalized spacial score (nSPS) is 16.1. The lowest BCUT2D eigenvalue weighted by Crippen LogP contribution is -2.39. The standard InChI is InChI=1S/C7H17N2O2S/c1-7(2,3)6(8)5-9-12(4,10)11/h6,8-9H,5H2,1-4H3. The lowest BCUT2D eigenvalue weighted by Gasteiger charge is -2.25. The molecule has 2 N–H and O–H groups in total. The maximum absolute atomic E-state index is 10.7. The molecular formula is C7H17N2O2S. The summed E-state index contributed by atoms with van der Waals surface area (Å²) in [5.41, 5.74) is 7.39. The van der Waals surface area contributed by atoms with Gasteiger partial charge in [-0.15, -0.1) is 0 Å². The van der Waals surface area contributed by atoms with Crippen molar-refractivity contribution in [2.45, 2.75) is 26.8 Å². The summed E-state index contributed by atoms with van der Waals surface area (Å²) in [4.78, 5) is 0. The van der Waals surface area contributed by atoms with E-state index >= 15 is 0 Å². The minimum Gasteiger partial charge on any atom is -0.253 e. The van der Waals surface area contributed by atoms with E-state index in [1.807, 2.05) is 20.8 Å². The number of sulfonamides is 1. The molecule has 0 aliphatic carbocycles. The zero-order valence-electron chi connectivity index (χ0n) is 8.01. The Morgan fingerprint density at radius 3 is 2.08 bits per heavy atom. The van der Waals surface area contributed by atoms with Gasteiger partial charge in [-0.05, 0) is 5.41 Å². The summed E-state index contributed by atoms with van der Waals surface area (Å²) in [5.74, 6) is 0. The SMILES string of the molecule is CC(C)(C)C([NH])CNS(C)(=O)=O. The van der Waals surface area contributed by atoms with Gasteiger partial charge >= 0.3 is 0 Å². The summed E-state index contributed by atoms with van der Waals surface area (Å²) in [6, 6.07) is -0.410. The fourth-order valence-electron chi connectivity index (χ4n) is 0.541. The van der Waals surface area contributed by atoms with Crippen LogP contribution in [-0.2, 0) is 10.0 Å². The van der Waals surface area contributed by atoms with Gasteiger partial charge in [-0.3, -0.25) is 5.73 Å². The number of hydrogen-bond acceptors (Lipinski definition) is 2. The highest BCUT2D eigenvalue weighted by molar-refractivity contribution is 7.88. The highest BCUT2D eigenvalue weighted by atomic mass is 32.2. The van der Waals surface area contributed by atoms with E-state index in [-0.39, 0.29) is 12.0 Å². The largest absolute Gasteiger partial charge is 0.253 e. The quantitative estimate of drug-likeness (QED) is 0.697. The molecule has 0 spiro atoms. The van der Waals surface area contributed by atoms with Gasteiger partial charge in [0.05, 0.1) is 6.26 Å². The van der Waals surface area contributed by atoms with Gasteiger partial charge in [-0.25, -0.2) is 13.1 Å². The van der Waals surface area contributed by atoms with Crippen LogP contribution in [-0.4, -0.2) is 27.3 Å². The van der Waals surface area contributed by atoms with Gasteiger partial charge in [0, 0.05) is 12.6 Å². The molecule has 1 atom stereocenters. The Bertz CT molecular complexity index is 228. The lowest BCUT2D eigenvalue weighted by atomic mass is 9.88. The molecule has 0 saturated carbocycles. The van der Waals surface area contributed by atoms with Crippen LogP contribution in [0.2, 0.25) is 0 Å². The first-order valence-electron chi connectivity index (χ1n) is 3.78. The second kappa shape index (κ2) is 3.72. The number of hydrogen-bond donors (Lipinski definition) is 1.